The van der Waals surface area contributed by atoms with Gasteiger partial charge in [0, 0.05) is 0 Å². The van der Waals surface area contributed by atoms with E-state index in [1.165, 1.54) is 19.2 Å². The maximum absolute atomic E-state index is 12.2. The van der Waals surface area contributed by atoms with Crippen molar-refractivity contribution in [2.24, 2.45) is 0 Å². The van der Waals surface area contributed by atoms with Crippen LogP contribution in [0.3, 0.4) is 0 Å². The lowest BCUT2D eigenvalue weighted by molar-refractivity contribution is 0.0602. The van der Waals surface area contributed by atoms with Crippen molar-refractivity contribution in [1.29, 1.82) is 0 Å². The zero-order chi connectivity index (χ0) is 18.6. The Morgan fingerprint density at radius 1 is 1.04 bits per heavy atom. The number of nitrogens with one attached hydrogen (secondary N) is 2. The molecule has 0 amide bonds. The number of esters is 1. The number of hydrogen-bond acceptors (Lipinski definition) is 8. The highest BCUT2D eigenvalue weighted by Crippen LogP contribution is 2.22. The normalized spacial score (nSPS) is 11.0. The Balaban J connectivity index is 1.76. The van der Waals surface area contributed by atoms with Gasteiger partial charge >= 0.3 is 5.97 Å². The highest BCUT2D eigenvalue weighted by molar-refractivity contribution is 7.94. The molecule has 0 aliphatic carbocycles. The van der Waals surface area contributed by atoms with Crippen molar-refractivity contribution in [3.8, 4) is 0 Å². The summed E-state index contributed by atoms with van der Waals surface area (Å²) in [6.07, 6.45) is 0. The number of para-hydroxylation sites is 1. The van der Waals surface area contributed by atoms with Gasteiger partial charge in [-0.1, -0.05) is 18.2 Å². The zero-order valence-electron chi connectivity index (χ0n) is 13.5. The molecule has 2 N–H and O–H groups in total. The SMILES string of the molecule is COC(=O)c1ccccc1Nc1ccc(NS(=O)(=O)c2cccs2)nn1. The summed E-state index contributed by atoms with van der Waals surface area (Å²) in [4.78, 5) is 11.8. The minimum absolute atomic E-state index is 0.0882. The van der Waals surface area contributed by atoms with Crippen LogP contribution in [0.2, 0.25) is 0 Å². The highest BCUT2D eigenvalue weighted by Gasteiger charge is 2.16. The molecular weight excluding hydrogens is 376 g/mol. The van der Waals surface area contributed by atoms with Crippen molar-refractivity contribution < 1.29 is 17.9 Å². The summed E-state index contributed by atoms with van der Waals surface area (Å²) in [6, 6.07) is 13.0. The predicted molar refractivity (Wildman–Crippen MR) is 98.2 cm³/mol. The first-order chi connectivity index (χ1) is 12.5. The van der Waals surface area contributed by atoms with E-state index >= 15 is 0 Å². The average Bonchev–Trinajstić information content (AvgIpc) is 3.19. The summed E-state index contributed by atoms with van der Waals surface area (Å²) in [5.74, 6) is -0.0491. The lowest BCUT2D eigenvalue weighted by Gasteiger charge is -2.10. The molecule has 3 rings (SSSR count). The van der Waals surface area contributed by atoms with Crippen molar-refractivity contribution in [2.75, 3.05) is 17.1 Å². The van der Waals surface area contributed by atoms with Crippen LogP contribution in [-0.4, -0.2) is 31.7 Å². The van der Waals surface area contributed by atoms with E-state index < -0.39 is 16.0 Å². The lowest BCUT2D eigenvalue weighted by Crippen LogP contribution is -2.13. The molecule has 0 radical (unpaired) electrons. The van der Waals surface area contributed by atoms with Crippen LogP contribution in [0.1, 0.15) is 10.4 Å². The fourth-order valence-corrected chi connectivity index (χ4v) is 4.07. The Kier molecular flexibility index (Phi) is 5.14. The number of benzene rings is 1. The summed E-state index contributed by atoms with van der Waals surface area (Å²) in [7, 11) is -2.38. The van der Waals surface area contributed by atoms with Crippen LogP contribution in [0.25, 0.3) is 0 Å². The van der Waals surface area contributed by atoms with Gasteiger partial charge in [0.1, 0.15) is 4.21 Å². The molecule has 134 valence electrons. The van der Waals surface area contributed by atoms with Crippen LogP contribution < -0.4 is 10.0 Å². The van der Waals surface area contributed by atoms with Crippen molar-refractivity contribution in [2.45, 2.75) is 4.21 Å². The van der Waals surface area contributed by atoms with E-state index in [9.17, 15) is 13.2 Å². The van der Waals surface area contributed by atoms with Crippen LogP contribution in [0.5, 0.6) is 0 Å². The van der Waals surface area contributed by atoms with E-state index in [0.29, 0.717) is 17.1 Å². The van der Waals surface area contributed by atoms with E-state index in [1.807, 2.05) is 0 Å². The van der Waals surface area contributed by atoms with Gasteiger partial charge in [-0.2, -0.15) is 0 Å². The third-order valence-electron chi connectivity index (χ3n) is 3.26. The molecule has 0 spiro atoms. The van der Waals surface area contributed by atoms with E-state index in [-0.39, 0.29) is 10.0 Å². The van der Waals surface area contributed by atoms with Crippen molar-refractivity contribution >= 4 is 44.7 Å². The molecule has 2 heterocycles. The number of ether oxygens (including phenoxy) is 1. The summed E-state index contributed by atoms with van der Waals surface area (Å²) in [5.41, 5.74) is 0.847. The summed E-state index contributed by atoms with van der Waals surface area (Å²) < 4.78 is 31.6. The van der Waals surface area contributed by atoms with Gasteiger partial charge in [0.25, 0.3) is 10.0 Å². The first-order valence-electron chi connectivity index (χ1n) is 7.34. The minimum atomic E-state index is -3.68. The van der Waals surface area contributed by atoms with E-state index in [2.05, 4.69) is 20.2 Å². The number of carbonyl (C=O) groups excluding carboxylic acids is 1. The van der Waals surface area contributed by atoms with E-state index in [1.54, 1.807) is 41.8 Å². The predicted octanol–water partition coefficient (Wildman–Crippen LogP) is 2.87. The maximum atomic E-state index is 12.2. The lowest BCUT2D eigenvalue weighted by atomic mass is 10.2. The maximum Gasteiger partial charge on any atom is 0.339 e. The van der Waals surface area contributed by atoms with E-state index in [4.69, 9.17) is 4.74 Å². The number of nitrogens with zero attached hydrogens (tertiary/aromatic N) is 2. The second-order valence-corrected chi connectivity index (χ2v) is 7.86. The molecule has 10 heteroatoms. The fraction of sp³-hybridized carbons (Fsp3) is 0.0625. The quantitative estimate of drug-likeness (QED) is 0.623. The largest absolute Gasteiger partial charge is 0.465 e. The molecule has 0 aliphatic rings. The van der Waals surface area contributed by atoms with Crippen LogP contribution in [-0.2, 0) is 14.8 Å². The fourth-order valence-electron chi connectivity index (χ4n) is 2.08. The molecule has 0 saturated carbocycles. The minimum Gasteiger partial charge on any atom is -0.465 e. The molecule has 0 atom stereocenters. The Hall–Kier alpha value is -2.98. The van der Waals surface area contributed by atoms with Gasteiger partial charge in [0.05, 0.1) is 18.4 Å². The monoisotopic (exact) mass is 390 g/mol. The topological polar surface area (TPSA) is 110 Å². The third kappa shape index (κ3) is 3.98. The number of rotatable bonds is 6. The molecule has 8 nitrogen and oxygen atoms in total. The third-order valence-corrected chi connectivity index (χ3v) is 6.01. The van der Waals surface area contributed by atoms with Gasteiger partial charge in [-0.05, 0) is 35.7 Å². The van der Waals surface area contributed by atoms with Gasteiger partial charge in [-0.15, -0.1) is 21.5 Å². The number of methoxy groups -OCH3 is 1. The molecule has 0 unspecified atom stereocenters. The first-order valence-corrected chi connectivity index (χ1v) is 9.70. The number of thiophene rings is 1. The standard InChI is InChI=1S/C16H14N4O4S2/c1-24-16(21)11-5-2-3-6-12(11)17-13-8-9-14(19-18-13)20-26(22,23)15-7-4-10-25-15/h2-10H,1H3,(H,17,18)(H,19,20). The van der Waals surface area contributed by atoms with Crippen molar-refractivity contribution in [3.05, 3.63) is 59.5 Å². The molecule has 0 aliphatic heterocycles. The second-order valence-electron chi connectivity index (χ2n) is 5.00. The van der Waals surface area contributed by atoms with Crippen LogP contribution in [0, 0.1) is 0 Å². The number of hydrogen-bond donors (Lipinski definition) is 2. The molecule has 2 aromatic heterocycles. The Morgan fingerprint density at radius 3 is 2.42 bits per heavy atom. The average molecular weight is 390 g/mol. The molecule has 1 aromatic carbocycles. The molecular formula is C16H14N4O4S2. The summed E-state index contributed by atoms with van der Waals surface area (Å²) in [5, 5.41) is 12.4. The smallest absolute Gasteiger partial charge is 0.339 e. The van der Waals surface area contributed by atoms with Crippen molar-refractivity contribution in [1.82, 2.24) is 10.2 Å². The number of anilines is 3. The van der Waals surface area contributed by atoms with Crippen LogP contribution in [0.4, 0.5) is 17.3 Å². The molecule has 0 fully saturated rings. The van der Waals surface area contributed by atoms with Crippen LogP contribution in [0.15, 0.2) is 58.1 Å². The second kappa shape index (κ2) is 7.50. The first kappa shape index (κ1) is 17.8. The van der Waals surface area contributed by atoms with Gasteiger partial charge in [0.15, 0.2) is 11.6 Å². The van der Waals surface area contributed by atoms with Gasteiger partial charge in [0.2, 0.25) is 0 Å². The number of aromatic nitrogens is 2. The zero-order valence-corrected chi connectivity index (χ0v) is 15.2. The Labute approximate surface area is 153 Å². The highest BCUT2D eigenvalue weighted by atomic mass is 32.2. The van der Waals surface area contributed by atoms with Crippen molar-refractivity contribution in [3.63, 3.8) is 0 Å². The summed E-state index contributed by atoms with van der Waals surface area (Å²) in [6.45, 7) is 0. The van der Waals surface area contributed by atoms with E-state index in [0.717, 1.165) is 11.3 Å². The molecule has 26 heavy (non-hydrogen) atoms. The van der Waals surface area contributed by atoms with Crippen LogP contribution >= 0.6 is 11.3 Å². The number of sulfonamides is 1. The Bertz CT molecular complexity index is 1000. The Morgan fingerprint density at radius 2 is 1.77 bits per heavy atom. The molecule has 3 aromatic rings. The molecule has 0 bridgehead atoms. The number of carbonyl (C=O) groups is 1. The van der Waals surface area contributed by atoms with Gasteiger partial charge < -0.3 is 10.1 Å². The molecule has 0 saturated heterocycles. The van der Waals surface area contributed by atoms with Gasteiger partial charge in [-0.3, -0.25) is 4.72 Å². The van der Waals surface area contributed by atoms with Gasteiger partial charge in [-0.25, -0.2) is 13.2 Å². The summed E-state index contributed by atoms with van der Waals surface area (Å²) >= 11 is 1.11.